The van der Waals surface area contributed by atoms with Crippen LogP contribution in [0.5, 0.6) is 0 Å². The molecular weight excluding hydrogens is 329 g/mol. The highest BCUT2D eigenvalue weighted by molar-refractivity contribution is 5.91. The van der Waals surface area contributed by atoms with Crippen molar-refractivity contribution in [2.75, 3.05) is 5.73 Å². The fraction of sp³-hybridized carbons (Fsp3) is 0.133. The van der Waals surface area contributed by atoms with Crippen molar-refractivity contribution in [3.05, 3.63) is 69.3 Å². The normalized spacial score (nSPS) is 11.1. The third-order valence-corrected chi connectivity index (χ3v) is 3.11. The molecule has 0 unspecified atom stereocenters. The lowest BCUT2D eigenvalue weighted by Gasteiger charge is -2.08. The monoisotopic (exact) mass is 340 g/mol. The summed E-state index contributed by atoms with van der Waals surface area (Å²) >= 11 is 0. The van der Waals surface area contributed by atoms with Gasteiger partial charge in [0, 0.05) is 6.07 Å². The van der Waals surface area contributed by atoms with E-state index in [9.17, 15) is 28.1 Å². The van der Waals surface area contributed by atoms with Crippen LogP contribution in [0.1, 0.15) is 21.5 Å². The molecule has 0 aliphatic carbocycles. The number of alkyl halides is 3. The van der Waals surface area contributed by atoms with E-state index in [4.69, 9.17) is 10.5 Å². The quantitative estimate of drug-likeness (QED) is 0.397. The molecule has 0 bridgehead atoms. The van der Waals surface area contributed by atoms with Crippen molar-refractivity contribution in [2.45, 2.75) is 12.8 Å². The fourth-order valence-corrected chi connectivity index (χ4v) is 1.85. The standard InChI is InChI=1S/C15H11F3N2O4/c16-15(17,18)11-4-1-9(2-5-11)8-24-14(21)10-3-6-12(19)13(7-10)20(22)23/h1-7H,8,19H2. The van der Waals surface area contributed by atoms with Crippen LogP contribution in [0, 0.1) is 10.1 Å². The largest absolute Gasteiger partial charge is 0.457 e. The Bertz CT molecular complexity index is 773. The summed E-state index contributed by atoms with van der Waals surface area (Å²) in [6, 6.07) is 7.55. The Labute approximate surface area is 133 Å². The molecule has 0 heterocycles. The number of nitrogen functional groups attached to an aromatic ring is 1. The second kappa shape index (κ2) is 6.57. The zero-order valence-corrected chi connectivity index (χ0v) is 12.0. The van der Waals surface area contributed by atoms with Gasteiger partial charge < -0.3 is 10.5 Å². The van der Waals surface area contributed by atoms with Gasteiger partial charge in [0.2, 0.25) is 0 Å². The molecule has 2 aromatic carbocycles. The van der Waals surface area contributed by atoms with Crippen LogP contribution < -0.4 is 5.73 Å². The molecule has 2 rings (SSSR count). The lowest BCUT2D eigenvalue weighted by Crippen LogP contribution is -2.08. The molecule has 0 radical (unpaired) electrons. The number of nitro benzene ring substituents is 1. The van der Waals surface area contributed by atoms with E-state index in [1.807, 2.05) is 0 Å². The number of esters is 1. The summed E-state index contributed by atoms with van der Waals surface area (Å²) in [4.78, 5) is 21.9. The molecule has 0 atom stereocenters. The smallest absolute Gasteiger partial charge is 0.416 e. The maximum Gasteiger partial charge on any atom is 0.416 e. The van der Waals surface area contributed by atoms with Crippen molar-refractivity contribution in [2.24, 2.45) is 0 Å². The number of carbonyl (C=O) groups is 1. The minimum atomic E-state index is -4.45. The maximum absolute atomic E-state index is 12.4. The van der Waals surface area contributed by atoms with Gasteiger partial charge in [-0.2, -0.15) is 13.2 Å². The van der Waals surface area contributed by atoms with E-state index in [0.29, 0.717) is 5.56 Å². The summed E-state index contributed by atoms with van der Waals surface area (Å²) in [6.07, 6.45) is -4.45. The molecule has 2 aromatic rings. The van der Waals surface area contributed by atoms with Gasteiger partial charge in [0.05, 0.1) is 16.1 Å². The van der Waals surface area contributed by atoms with Crippen LogP contribution in [0.2, 0.25) is 0 Å². The number of nitrogens with zero attached hydrogens (tertiary/aromatic N) is 1. The summed E-state index contributed by atoms with van der Waals surface area (Å²) < 4.78 is 42.3. The molecular formula is C15H11F3N2O4. The summed E-state index contributed by atoms with van der Waals surface area (Å²) in [5, 5.41) is 10.8. The van der Waals surface area contributed by atoms with Crippen molar-refractivity contribution >= 4 is 17.3 Å². The number of nitro groups is 1. The van der Waals surface area contributed by atoms with Crippen molar-refractivity contribution in [1.82, 2.24) is 0 Å². The summed E-state index contributed by atoms with van der Waals surface area (Å²) in [7, 11) is 0. The highest BCUT2D eigenvalue weighted by Crippen LogP contribution is 2.29. The van der Waals surface area contributed by atoms with Crippen molar-refractivity contribution in [3.63, 3.8) is 0 Å². The summed E-state index contributed by atoms with van der Waals surface area (Å²) in [5.74, 6) is -0.849. The minimum absolute atomic E-state index is 0.0807. The van der Waals surface area contributed by atoms with Gasteiger partial charge in [-0.15, -0.1) is 0 Å². The molecule has 9 heteroatoms. The molecule has 0 saturated carbocycles. The van der Waals surface area contributed by atoms with E-state index in [1.165, 1.54) is 24.3 Å². The fourth-order valence-electron chi connectivity index (χ4n) is 1.85. The summed E-state index contributed by atoms with van der Waals surface area (Å²) in [5.41, 5.74) is 4.34. The molecule has 0 amide bonds. The molecule has 2 N–H and O–H groups in total. The van der Waals surface area contributed by atoms with Gasteiger partial charge >= 0.3 is 12.1 Å². The Balaban J connectivity index is 2.06. The first-order valence-corrected chi connectivity index (χ1v) is 6.55. The van der Waals surface area contributed by atoms with Gasteiger partial charge in [-0.1, -0.05) is 12.1 Å². The molecule has 0 saturated heterocycles. The second-order valence-electron chi connectivity index (χ2n) is 4.80. The number of carbonyl (C=O) groups excluding carboxylic acids is 1. The highest BCUT2D eigenvalue weighted by Gasteiger charge is 2.29. The first-order chi connectivity index (χ1) is 11.2. The Morgan fingerprint density at radius 2 is 1.79 bits per heavy atom. The number of benzene rings is 2. The van der Waals surface area contributed by atoms with Crippen LogP contribution in [0.3, 0.4) is 0 Å². The van der Waals surface area contributed by atoms with Crippen LogP contribution in [-0.4, -0.2) is 10.9 Å². The van der Waals surface area contributed by atoms with E-state index in [0.717, 1.165) is 18.2 Å². The Morgan fingerprint density at radius 3 is 2.33 bits per heavy atom. The molecule has 0 spiro atoms. The van der Waals surface area contributed by atoms with Crippen LogP contribution in [0.15, 0.2) is 42.5 Å². The molecule has 6 nitrogen and oxygen atoms in total. The zero-order chi connectivity index (χ0) is 17.9. The number of hydrogen-bond acceptors (Lipinski definition) is 5. The summed E-state index contributed by atoms with van der Waals surface area (Å²) in [6.45, 7) is -0.269. The Morgan fingerprint density at radius 1 is 1.17 bits per heavy atom. The highest BCUT2D eigenvalue weighted by atomic mass is 19.4. The average Bonchev–Trinajstić information content (AvgIpc) is 2.52. The van der Waals surface area contributed by atoms with Gasteiger partial charge in [0.1, 0.15) is 12.3 Å². The minimum Gasteiger partial charge on any atom is -0.457 e. The van der Waals surface area contributed by atoms with Gasteiger partial charge in [0.15, 0.2) is 0 Å². The van der Waals surface area contributed by atoms with Crippen molar-refractivity contribution < 1.29 is 27.6 Å². The van der Waals surface area contributed by atoms with E-state index in [1.54, 1.807) is 0 Å². The van der Waals surface area contributed by atoms with E-state index in [2.05, 4.69) is 0 Å². The SMILES string of the molecule is Nc1ccc(C(=O)OCc2ccc(C(F)(F)F)cc2)cc1[N+](=O)[O-]. The lowest BCUT2D eigenvalue weighted by molar-refractivity contribution is -0.383. The molecule has 0 fully saturated rings. The molecule has 24 heavy (non-hydrogen) atoms. The third-order valence-electron chi connectivity index (χ3n) is 3.11. The number of anilines is 1. The number of hydrogen-bond donors (Lipinski definition) is 1. The Kier molecular flexibility index (Phi) is 4.72. The molecule has 0 aromatic heterocycles. The predicted octanol–water partition coefficient (Wildman–Crippen LogP) is 3.55. The van der Waals surface area contributed by atoms with Crippen LogP contribution in [0.4, 0.5) is 24.5 Å². The number of ether oxygens (including phenoxy) is 1. The van der Waals surface area contributed by atoms with Gasteiger partial charge in [0.25, 0.3) is 5.69 Å². The molecule has 0 aliphatic rings. The number of nitrogens with two attached hydrogens (primary N) is 1. The molecule has 126 valence electrons. The maximum atomic E-state index is 12.4. The topological polar surface area (TPSA) is 95.5 Å². The zero-order valence-electron chi connectivity index (χ0n) is 12.0. The van der Waals surface area contributed by atoms with Gasteiger partial charge in [-0.05, 0) is 29.8 Å². The van der Waals surface area contributed by atoms with Crippen molar-refractivity contribution in [1.29, 1.82) is 0 Å². The van der Waals surface area contributed by atoms with Gasteiger partial charge in [-0.25, -0.2) is 4.79 Å². The van der Waals surface area contributed by atoms with Crippen LogP contribution >= 0.6 is 0 Å². The first-order valence-electron chi connectivity index (χ1n) is 6.55. The number of rotatable bonds is 4. The predicted molar refractivity (Wildman–Crippen MR) is 78.1 cm³/mol. The van der Waals surface area contributed by atoms with Crippen LogP contribution in [-0.2, 0) is 17.5 Å². The van der Waals surface area contributed by atoms with E-state index in [-0.39, 0.29) is 17.9 Å². The van der Waals surface area contributed by atoms with E-state index < -0.39 is 28.3 Å². The lowest BCUT2D eigenvalue weighted by atomic mass is 10.1. The Hall–Kier alpha value is -3.10. The first kappa shape index (κ1) is 17.3. The molecule has 0 aliphatic heterocycles. The number of halogens is 3. The average molecular weight is 340 g/mol. The van der Waals surface area contributed by atoms with Crippen molar-refractivity contribution in [3.8, 4) is 0 Å². The van der Waals surface area contributed by atoms with Crippen LogP contribution in [0.25, 0.3) is 0 Å². The third kappa shape index (κ3) is 4.00. The van der Waals surface area contributed by atoms with Gasteiger partial charge in [-0.3, -0.25) is 10.1 Å². The van der Waals surface area contributed by atoms with E-state index >= 15 is 0 Å². The second-order valence-corrected chi connectivity index (χ2v) is 4.80.